The van der Waals surface area contributed by atoms with E-state index in [9.17, 15) is 29.3 Å². The van der Waals surface area contributed by atoms with E-state index in [2.05, 4.69) is 5.43 Å². The van der Waals surface area contributed by atoms with Crippen molar-refractivity contribution in [2.24, 2.45) is 5.92 Å². The second kappa shape index (κ2) is 8.95. The Morgan fingerprint density at radius 3 is 2.37 bits per heavy atom. The smallest absolute Gasteiger partial charge is 0.311 e. The van der Waals surface area contributed by atoms with E-state index in [1.54, 1.807) is 30.3 Å². The number of non-ortho nitro benzene ring substituents is 1. The van der Waals surface area contributed by atoms with Gasteiger partial charge in [0.25, 0.3) is 11.6 Å². The molecule has 154 valence electrons. The first-order valence-corrected chi connectivity index (χ1v) is 8.96. The summed E-state index contributed by atoms with van der Waals surface area (Å²) in [5.41, 5.74) is 2.81. The molecular formula is C20H17N3O7. The number of ether oxygens (including phenoxy) is 1. The highest BCUT2D eigenvalue weighted by Gasteiger charge is 2.36. The maximum atomic E-state index is 12.2. The van der Waals surface area contributed by atoms with E-state index < -0.39 is 41.0 Å². The molecule has 0 saturated carbocycles. The maximum Gasteiger partial charge on any atom is 0.311 e. The Labute approximate surface area is 170 Å². The van der Waals surface area contributed by atoms with E-state index in [1.165, 1.54) is 24.3 Å². The molecule has 2 amide bonds. The van der Waals surface area contributed by atoms with E-state index in [0.29, 0.717) is 5.56 Å². The predicted octanol–water partition coefficient (Wildman–Crippen LogP) is 1.51. The van der Waals surface area contributed by atoms with Gasteiger partial charge in [-0.2, -0.15) is 0 Å². The highest BCUT2D eigenvalue weighted by Crippen LogP contribution is 2.18. The monoisotopic (exact) mass is 411 g/mol. The molecule has 1 heterocycles. The molecule has 1 fully saturated rings. The third kappa shape index (κ3) is 4.85. The number of nitrogens with one attached hydrogen (secondary N) is 1. The summed E-state index contributed by atoms with van der Waals surface area (Å²) in [5, 5.41) is 11.7. The number of ketones is 1. The second-order valence-corrected chi connectivity index (χ2v) is 6.55. The standard InChI is InChI=1S/C20H17N3O7/c24-17(13-6-8-16(9-7-13)23(28)29)12-30-20(27)15-10-18(25)22(11-15)21-19(26)14-4-2-1-3-5-14/h1-9,15H,10-12H2,(H,21,26). The van der Waals surface area contributed by atoms with E-state index in [4.69, 9.17) is 4.74 Å². The lowest BCUT2D eigenvalue weighted by Gasteiger charge is -2.17. The average Bonchev–Trinajstić information content (AvgIpc) is 3.12. The summed E-state index contributed by atoms with van der Waals surface area (Å²) < 4.78 is 4.99. The number of nitro groups is 1. The van der Waals surface area contributed by atoms with Gasteiger partial charge in [0.15, 0.2) is 12.4 Å². The minimum Gasteiger partial charge on any atom is -0.457 e. The lowest BCUT2D eigenvalue weighted by molar-refractivity contribution is -0.384. The molecule has 0 bridgehead atoms. The zero-order valence-electron chi connectivity index (χ0n) is 15.6. The highest BCUT2D eigenvalue weighted by atomic mass is 16.6. The van der Waals surface area contributed by atoms with Crippen LogP contribution in [0, 0.1) is 16.0 Å². The Morgan fingerprint density at radius 1 is 1.07 bits per heavy atom. The fraction of sp³-hybridized carbons (Fsp3) is 0.200. The van der Waals surface area contributed by atoms with Crippen molar-refractivity contribution in [3.05, 3.63) is 75.8 Å². The Morgan fingerprint density at radius 2 is 1.73 bits per heavy atom. The summed E-state index contributed by atoms with van der Waals surface area (Å²) in [5.74, 6) is -3.01. The first-order chi connectivity index (χ1) is 14.3. The Balaban J connectivity index is 1.51. The van der Waals surface area contributed by atoms with Crippen molar-refractivity contribution in [3.63, 3.8) is 0 Å². The number of carbonyl (C=O) groups is 4. The minimum absolute atomic E-state index is 0.0675. The molecule has 1 aliphatic rings. The zero-order chi connectivity index (χ0) is 21.7. The van der Waals surface area contributed by atoms with Crippen LogP contribution in [0.1, 0.15) is 27.1 Å². The molecule has 0 spiro atoms. The zero-order valence-corrected chi connectivity index (χ0v) is 15.6. The molecule has 0 aromatic heterocycles. The van der Waals surface area contributed by atoms with Crippen LogP contribution in [0.25, 0.3) is 0 Å². The minimum atomic E-state index is -0.821. The Kier molecular flexibility index (Phi) is 6.16. The van der Waals surface area contributed by atoms with Gasteiger partial charge in [0.1, 0.15) is 0 Å². The predicted molar refractivity (Wildman–Crippen MR) is 102 cm³/mol. The molecular weight excluding hydrogens is 394 g/mol. The summed E-state index contributed by atoms with van der Waals surface area (Å²) >= 11 is 0. The first-order valence-electron chi connectivity index (χ1n) is 8.96. The van der Waals surface area contributed by atoms with Gasteiger partial charge in [-0.15, -0.1) is 0 Å². The van der Waals surface area contributed by atoms with Gasteiger partial charge in [0.05, 0.1) is 17.4 Å². The number of Topliss-reactive ketones (excluding diaryl/α,β-unsaturated/α-hetero) is 1. The van der Waals surface area contributed by atoms with Crippen LogP contribution in [0.15, 0.2) is 54.6 Å². The second-order valence-electron chi connectivity index (χ2n) is 6.55. The number of hydrazine groups is 1. The molecule has 0 aliphatic carbocycles. The van der Waals surface area contributed by atoms with Gasteiger partial charge in [-0.1, -0.05) is 18.2 Å². The number of esters is 1. The topological polar surface area (TPSA) is 136 Å². The molecule has 10 heteroatoms. The number of hydrogen-bond acceptors (Lipinski definition) is 7. The van der Waals surface area contributed by atoms with Gasteiger partial charge in [0, 0.05) is 29.7 Å². The summed E-state index contributed by atoms with van der Waals surface area (Å²) in [7, 11) is 0. The normalized spacial score (nSPS) is 15.5. The summed E-state index contributed by atoms with van der Waals surface area (Å²) in [4.78, 5) is 58.6. The Bertz CT molecular complexity index is 989. The van der Waals surface area contributed by atoms with Crippen molar-refractivity contribution in [1.29, 1.82) is 0 Å². The van der Waals surface area contributed by atoms with Crippen molar-refractivity contribution in [2.75, 3.05) is 13.2 Å². The van der Waals surface area contributed by atoms with Crippen molar-refractivity contribution in [1.82, 2.24) is 10.4 Å². The van der Waals surface area contributed by atoms with E-state index in [-0.39, 0.29) is 24.2 Å². The number of hydrogen-bond donors (Lipinski definition) is 1. The molecule has 2 aromatic rings. The van der Waals surface area contributed by atoms with E-state index in [0.717, 1.165) is 5.01 Å². The van der Waals surface area contributed by atoms with Crippen LogP contribution in [0.3, 0.4) is 0 Å². The summed E-state index contributed by atoms with van der Waals surface area (Å²) in [6, 6.07) is 13.2. The van der Waals surface area contributed by atoms with Crippen LogP contribution in [0.2, 0.25) is 0 Å². The van der Waals surface area contributed by atoms with Gasteiger partial charge in [0.2, 0.25) is 5.91 Å². The van der Waals surface area contributed by atoms with Crippen molar-refractivity contribution >= 4 is 29.3 Å². The van der Waals surface area contributed by atoms with Gasteiger partial charge in [-0.25, -0.2) is 0 Å². The van der Waals surface area contributed by atoms with Gasteiger partial charge >= 0.3 is 5.97 Å². The van der Waals surface area contributed by atoms with E-state index in [1.807, 2.05) is 0 Å². The number of amides is 2. The molecule has 0 radical (unpaired) electrons. The lowest BCUT2D eigenvalue weighted by Crippen LogP contribution is -2.43. The fourth-order valence-electron chi connectivity index (χ4n) is 2.86. The number of nitro benzene ring substituents is 1. The molecule has 30 heavy (non-hydrogen) atoms. The molecule has 2 aromatic carbocycles. The largest absolute Gasteiger partial charge is 0.457 e. The highest BCUT2D eigenvalue weighted by molar-refractivity contribution is 5.99. The Hall–Kier alpha value is -4.08. The van der Waals surface area contributed by atoms with Crippen molar-refractivity contribution in [2.45, 2.75) is 6.42 Å². The number of benzene rings is 2. The number of rotatable bonds is 7. The van der Waals surface area contributed by atoms with Crippen LogP contribution in [0.5, 0.6) is 0 Å². The fourth-order valence-corrected chi connectivity index (χ4v) is 2.86. The number of nitrogens with zero attached hydrogens (tertiary/aromatic N) is 2. The maximum absolute atomic E-state index is 12.2. The third-order valence-corrected chi connectivity index (χ3v) is 4.48. The van der Waals surface area contributed by atoms with Gasteiger partial charge < -0.3 is 4.74 Å². The molecule has 1 saturated heterocycles. The molecule has 1 atom stereocenters. The van der Waals surface area contributed by atoms with Crippen LogP contribution < -0.4 is 5.43 Å². The van der Waals surface area contributed by atoms with Crippen LogP contribution in [-0.4, -0.2) is 46.7 Å². The van der Waals surface area contributed by atoms with Crippen LogP contribution in [0.4, 0.5) is 5.69 Å². The van der Waals surface area contributed by atoms with Crippen molar-refractivity contribution in [3.8, 4) is 0 Å². The molecule has 1 unspecified atom stereocenters. The average molecular weight is 411 g/mol. The number of carbonyl (C=O) groups excluding carboxylic acids is 4. The van der Waals surface area contributed by atoms with Gasteiger partial charge in [-0.3, -0.25) is 39.7 Å². The van der Waals surface area contributed by atoms with Crippen LogP contribution in [-0.2, 0) is 14.3 Å². The van der Waals surface area contributed by atoms with Crippen molar-refractivity contribution < 1.29 is 28.8 Å². The SMILES string of the molecule is O=C(COC(=O)C1CC(=O)N(NC(=O)c2ccccc2)C1)c1ccc([N+](=O)[O-])cc1. The van der Waals surface area contributed by atoms with Gasteiger partial charge in [-0.05, 0) is 24.3 Å². The summed E-state index contributed by atoms with van der Waals surface area (Å²) in [6.07, 6.45) is -0.153. The molecule has 1 N–H and O–H groups in total. The van der Waals surface area contributed by atoms with E-state index >= 15 is 0 Å². The first kappa shape index (κ1) is 20.6. The molecule has 3 rings (SSSR count). The third-order valence-electron chi connectivity index (χ3n) is 4.48. The quantitative estimate of drug-likeness (QED) is 0.316. The molecule has 1 aliphatic heterocycles. The van der Waals surface area contributed by atoms with Crippen LogP contribution >= 0.6 is 0 Å². The summed E-state index contributed by atoms with van der Waals surface area (Å²) in [6.45, 7) is -0.625. The lowest BCUT2D eigenvalue weighted by atomic mass is 10.1. The molecule has 10 nitrogen and oxygen atoms in total.